The molecular formula is C12H17ClFN3O2S. The molecule has 1 atom stereocenters. The fourth-order valence-electron chi connectivity index (χ4n) is 2.28. The maximum atomic E-state index is 13.2. The van der Waals surface area contributed by atoms with Crippen LogP contribution in [0.2, 0.25) is 5.02 Å². The molecule has 1 aromatic rings. The van der Waals surface area contributed by atoms with Gasteiger partial charge in [0, 0.05) is 26.2 Å². The van der Waals surface area contributed by atoms with Crippen LogP contribution < -0.4 is 5.73 Å². The van der Waals surface area contributed by atoms with Crippen molar-refractivity contribution in [1.29, 1.82) is 0 Å². The first-order chi connectivity index (χ1) is 9.36. The molecular weight excluding hydrogens is 305 g/mol. The Labute approximate surface area is 123 Å². The van der Waals surface area contributed by atoms with Gasteiger partial charge in [-0.25, -0.2) is 12.8 Å². The predicted octanol–water partition coefficient (Wildman–Crippen LogP) is 0.743. The fourth-order valence-corrected chi connectivity index (χ4v) is 4.17. The Hall–Kier alpha value is -0.730. The zero-order valence-corrected chi connectivity index (χ0v) is 12.7. The normalized spacial score (nSPS) is 22.1. The van der Waals surface area contributed by atoms with Gasteiger partial charge in [0.2, 0.25) is 10.0 Å². The minimum Gasteiger partial charge on any atom is -0.329 e. The van der Waals surface area contributed by atoms with E-state index in [1.165, 1.54) is 10.4 Å². The van der Waals surface area contributed by atoms with E-state index in [0.29, 0.717) is 19.6 Å². The molecule has 0 aromatic heterocycles. The molecule has 0 radical (unpaired) electrons. The fraction of sp³-hybridized carbons (Fsp3) is 0.500. The second kappa shape index (κ2) is 5.95. The first-order valence-electron chi connectivity index (χ1n) is 6.21. The van der Waals surface area contributed by atoms with Crippen molar-refractivity contribution in [3.63, 3.8) is 0 Å². The monoisotopic (exact) mass is 321 g/mol. The average molecular weight is 322 g/mol. The van der Waals surface area contributed by atoms with Crippen molar-refractivity contribution in [1.82, 2.24) is 9.21 Å². The van der Waals surface area contributed by atoms with Crippen molar-refractivity contribution < 1.29 is 12.8 Å². The van der Waals surface area contributed by atoms with Gasteiger partial charge in [-0.15, -0.1) is 0 Å². The lowest BCUT2D eigenvalue weighted by molar-refractivity contribution is 0.164. The maximum Gasteiger partial charge on any atom is 0.243 e. The molecule has 8 heteroatoms. The van der Waals surface area contributed by atoms with E-state index in [2.05, 4.69) is 0 Å². The number of halogens is 2. The van der Waals surface area contributed by atoms with Gasteiger partial charge in [-0.1, -0.05) is 11.6 Å². The van der Waals surface area contributed by atoms with E-state index >= 15 is 0 Å². The molecule has 0 saturated carbocycles. The van der Waals surface area contributed by atoms with Gasteiger partial charge in [-0.2, -0.15) is 4.31 Å². The van der Waals surface area contributed by atoms with Gasteiger partial charge in [0.25, 0.3) is 0 Å². The highest BCUT2D eigenvalue weighted by atomic mass is 35.5. The Morgan fingerprint density at radius 1 is 1.45 bits per heavy atom. The molecule has 0 aliphatic carbocycles. The van der Waals surface area contributed by atoms with Gasteiger partial charge < -0.3 is 10.6 Å². The van der Waals surface area contributed by atoms with Crippen molar-refractivity contribution in [2.45, 2.75) is 10.9 Å². The lowest BCUT2D eigenvalue weighted by Crippen LogP contribution is -2.56. The number of rotatable bonds is 3. The third-order valence-electron chi connectivity index (χ3n) is 3.40. The Balaban J connectivity index is 2.35. The van der Waals surface area contributed by atoms with E-state index in [0.717, 1.165) is 12.1 Å². The second-order valence-electron chi connectivity index (χ2n) is 4.84. The van der Waals surface area contributed by atoms with E-state index in [1.54, 1.807) is 0 Å². The van der Waals surface area contributed by atoms with Crippen molar-refractivity contribution in [3.05, 3.63) is 29.0 Å². The molecule has 1 unspecified atom stereocenters. The molecule has 1 saturated heterocycles. The van der Waals surface area contributed by atoms with Gasteiger partial charge in [0.05, 0.1) is 16.0 Å². The predicted molar refractivity (Wildman–Crippen MR) is 75.6 cm³/mol. The van der Waals surface area contributed by atoms with E-state index < -0.39 is 15.8 Å². The van der Waals surface area contributed by atoms with Gasteiger partial charge in [-0.05, 0) is 25.2 Å². The van der Waals surface area contributed by atoms with E-state index in [4.69, 9.17) is 17.3 Å². The van der Waals surface area contributed by atoms with Crippen LogP contribution in [0.5, 0.6) is 0 Å². The molecule has 1 aromatic carbocycles. The molecule has 2 N–H and O–H groups in total. The van der Waals surface area contributed by atoms with Crippen molar-refractivity contribution in [2.75, 3.05) is 33.2 Å². The standard InChI is InChI=1S/C12H17ClFN3O2S/c1-16-4-5-17(9(7-15)8-16)20(18,19)10-2-3-12(14)11(13)6-10/h2-3,6,9H,4-5,7-8,15H2,1H3. The van der Waals surface area contributed by atoms with Crippen LogP contribution in [0.1, 0.15) is 0 Å². The summed E-state index contributed by atoms with van der Waals surface area (Å²) in [6.45, 7) is 1.80. The van der Waals surface area contributed by atoms with Crippen LogP contribution >= 0.6 is 11.6 Å². The zero-order chi connectivity index (χ0) is 14.9. The summed E-state index contributed by atoms with van der Waals surface area (Å²) < 4.78 is 39.7. The number of hydrogen-bond acceptors (Lipinski definition) is 4. The maximum absolute atomic E-state index is 13.2. The van der Waals surface area contributed by atoms with Crippen LogP contribution in [0.15, 0.2) is 23.1 Å². The summed E-state index contributed by atoms with van der Waals surface area (Å²) >= 11 is 5.66. The second-order valence-corrected chi connectivity index (χ2v) is 7.14. The number of sulfonamides is 1. The van der Waals surface area contributed by atoms with E-state index in [-0.39, 0.29) is 22.5 Å². The number of likely N-dealkylation sites (N-methyl/N-ethyl adjacent to an activating group) is 1. The van der Waals surface area contributed by atoms with E-state index in [1.807, 2.05) is 11.9 Å². The lowest BCUT2D eigenvalue weighted by atomic mass is 10.2. The molecule has 20 heavy (non-hydrogen) atoms. The first-order valence-corrected chi connectivity index (χ1v) is 8.03. The number of nitrogens with zero attached hydrogens (tertiary/aromatic N) is 2. The SMILES string of the molecule is CN1CCN(S(=O)(=O)c2ccc(F)c(Cl)c2)C(CN)C1. The quantitative estimate of drug-likeness (QED) is 0.892. The van der Waals surface area contributed by atoms with Crippen molar-refractivity contribution >= 4 is 21.6 Å². The molecule has 0 spiro atoms. The van der Waals surface area contributed by atoms with Crippen LogP contribution in [0.25, 0.3) is 0 Å². The van der Waals surface area contributed by atoms with Gasteiger partial charge in [-0.3, -0.25) is 0 Å². The number of nitrogens with two attached hydrogens (primary N) is 1. The summed E-state index contributed by atoms with van der Waals surface area (Å²) in [7, 11) is -1.79. The van der Waals surface area contributed by atoms with Gasteiger partial charge >= 0.3 is 0 Å². The largest absolute Gasteiger partial charge is 0.329 e. The van der Waals surface area contributed by atoms with Gasteiger partial charge in [0.1, 0.15) is 5.82 Å². The summed E-state index contributed by atoms with van der Waals surface area (Å²) in [4.78, 5) is 2.02. The highest BCUT2D eigenvalue weighted by Gasteiger charge is 2.34. The smallest absolute Gasteiger partial charge is 0.243 e. The Kier molecular flexibility index (Phi) is 4.66. The molecule has 5 nitrogen and oxygen atoms in total. The average Bonchev–Trinajstić information content (AvgIpc) is 2.41. The van der Waals surface area contributed by atoms with Crippen LogP contribution in [-0.4, -0.2) is 56.9 Å². The molecule has 1 fully saturated rings. The third kappa shape index (κ3) is 2.96. The van der Waals surface area contributed by atoms with Crippen molar-refractivity contribution in [3.8, 4) is 0 Å². The molecule has 1 aliphatic rings. The van der Waals surface area contributed by atoms with Crippen LogP contribution in [0.4, 0.5) is 4.39 Å². The van der Waals surface area contributed by atoms with Crippen LogP contribution in [0.3, 0.4) is 0 Å². The highest BCUT2D eigenvalue weighted by Crippen LogP contribution is 2.24. The molecule has 1 heterocycles. The summed E-state index contributed by atoms with van der Waals surface area (Å²) in [5.74, 6) is -0.639. The number of benzene rings is 1. The summed E-state index contributed by atoms with van der Waals surface area (Å²) in [5.41, 5.74) is 5.67. The molecule has 1 aliphatic heterocycles. The molecule has 0 bridgehead atoms. The highest BCUT2D eigenvalue weighted by molar-refractivity contribution is 7.89. The molecule has 112 valence electrons. The Morgan fingerprint density at radius 2 is 2.15 bits per heavy atom. The zero-order valence-electron chi connectivity index (χ0n) is 11.1. The van der Waals surface area contributed by atoms with Crippen LogP contribution in [-0.2, 0) is 10.0 Å². The minimum absolute atomic E-state index is 0.00750. The molecule has 2 rings (SSSR count). The molecule has 0 amide bonds. The Bertz CT molecular complexity index is 596. The van der Waals surface area contributed by atoms with Crippen molar-refractivity contribution in [2.24, 2.45) is 5.73 Å². The number of piperazine rings is 1. The summed E-state index contributed by atoms with van der Waals surface area (Å²) in [6.07, 6.45) is 0. The minimum atomic E-state index is -3.71. The number of hydrogen-bond donors (Lipinski definition) is 1. The lowest BCUT2D eigenvalue weighted by Gasteiger charge is -2.38. The van der Waals surface area contributed by atoms with E-state index in [9.17, 15) is 12.8 Å². The third-order valence-corrected chi connectivity index (χ3v) is 5.64. The Morgan fingerprint density at radius 3 is 2.75 bits per heavy atom. The van der Waals surface area contributed by atoms with Gasteiger partial charge in [0.15, 0.2) is 0 Å². The topological polar surface area (TPSA) is 66.6 Å². The summed E-state index contributed by atoms with van der Waals surface area (Å²) in [5, 5.41) is -0.204. The first kappa shape index (κ1) is 15.7. The summed E-state index contributed by atoms with van der Waals surface area (Å²) in [6, 6.07) is 3.13. The van der Waals surface area contributed by atoms with Crippen LogP contribution in [0, 0.1) is 5.82 Å².